The minimum atomic E-state index is -4.38. The van der Waals surface area contributed by atoms with Crippen LogP contribution in [0.2, 0.25) is 0 Å². The van der Waals surface area contributed by atoms with Crippen LogP contribution in [-0.2, 0) is 14.0 Å². The Kier molecular flexibility index (Phi) is 5.91. The second kappa shape index (κ2) is 8.48. The molecule has 0 radical (unpaired) electrons. The zero-order valence-electron chi connectivity index (χ0n) is 15.8. The fourth-order valence-corrected chi connectivity index (χ4v) is 4.09. The molecule has 2 aromatic heterocycles. The fourth-order valence-electron chi connectivity index (χ4n) is 3.21. The molecule has 162 valence electrons. The number of carbonyl (C=O) groups is 1. The predicted molar refractivity (Wildman–Crippen MR) is 113 cm³/mol. The van der Waals surface area contributed by atoms with E-state index in [0.29, 0.717) is 21.3 Å². The van der Waals surface area contributed by atoms with Gasteiger partial charge >= 0.3 is 13.6 Å². The topological polar surface area (TPSA) is 163 Å². The number of nitrogen functional groups attached to an aromatic ring is 1. The first-order valence-corrected chi connectivity index (χ1v) is 11.5. The van der Waals surface area contributed by atoms with E-state index in [1.165, 1.54) is 12.4 Å². The van der Waals surface area contributed by atoms with E-state index in [-0.39, 0.29) is 12.4 Å². The van der Waals surface area contributed by atoms with Crippen molar-refractivity contribution >= 4 is 46.6 Å². The Bertz CT molecular complexity index is 1200. The average molecular weight is 510 g/mol. The first-order chi connectivity index (χ1) is 14.7. The van der Waals surface area contributed by atoms with E-state index in [9.17, 15) is 9.36 Å². The number of aromatic nitrogens is 4. The number of rotatable bonds is 5. The van der Waals surface area contributed by atoms with Crippen molar-refractivity contribution in [2.45, 2.75) is 24.9 Å². The zero-order valence-corrected chi connectivity index (χ0v) is 18.3. The predicted octanol–water partition coefficient (Wildman–Crippen LogP) is 2.38. The lowest BCUT2D eigenvalue weighted by molar-refractivity contribution is -0.0381. The number of fused-ring (bicyclic) bond motifs is 1. The van der Waals surface area contributed by atoms with Crippen molar-refractivity contribution in [1.82, 2.24) is 19.5 Å². The van der Waals surface area contributed by atoms with Crippen LogP contribution in [0.1, 0.15) is 23.0 Å². The van der Waals surface area contributed by atoms with Gasteiger partial charge in [0.15, 0.2) is 18.0 Å². The second-order valence-electron chi connectivity index (χ2n) is 6.74. The van der Waals surface area contributed by atoms with Crippen molar-refractivity contribution in [3.05, 3.63) is 58.7 Å². The molecule has 3 heterocycles. The quantitative estimate of drug-likeness (QED) is 0.264. The van der Waals surface area contributed by atoms with Gasteiger partial charge in [-0.15, -0.1) is 0 Å². The molecule has 1 aliphatic heterocycles. The highest BCUT2D eigenvalue weighted by Crippen LogP contribution is 2.39. The number of benzene rings is 1. The molecule has 0 saturated carbocycles. The monoisotopic (exact) mass is 509 g/mol. The molecule has 0 amide bonds. The maximum atomic E-state index is 12.6. The standard InChI is InChI=1S/C18H17BrN5O6P/c19-14-13-15(23-18(20)22-14)24(9-21-13)16-12(8-11(29-16)6-7-31(26,27)28)30-17(25)10-4-2-1-3-5-10/h1-7,9,11-12,16H,8H2,(H2,20,22,23)(H2,26,27,28)/t11-,12-,16-/m1/s1. The Morgan fingerprint density at radius 1 is 1.32 bits per heavy atom. The van der Waals surface area contributed by atoms with Crippen LogP contribution in [-0.4, -0.2) is 47.5 Å². The van der Waals surface area contributed by atoms with Crippen molar-refractivity contribution in [1.29, 1.82) is 0 Å². The Morgan fingerprint density at radius 2 is 2.06 bits per heavy atom. The van der Waals surface area contributed by atoms with E-state index < -0.39 is 32.0 Å². The molecule has 4 rings (SSSR count). The lowest BCUT2D eigenvalue weighted by Crippen LogP contribution is -2.25. The Hall–Kier alpha value is -2.63. The molecule has 4 N–H and O–H groups in total. The van der Waals surface area contributed by atoms with Gasteiger partial charge in [0.1, 0.15) is 10.1 Å². The van der Waals surface area contributed by atoms with Gasteiger partial charge in [-0.25, -0.2) is 14.8 Å². The summed E-state index contributed by atoms with van der Waals surface area (Å²) in [5.74, 6) is 0.215. The molecule has 3 atom stereocenters. The molecule has 13 heteroatoms. The number of nitrogens with zero attached hydrogens (tertiary/aromatic N) is 4. The smallest absolute Gasteiger partial charge is 0.348 e. The Morgan fingerprint density at radius 3 is 2.77 bits per heavy atom. The lowest BCUT2D eigenvalue weighted by atomic mass is 10.2. The third-order valence-electron chi connectivity index (χ3n) is 4.53. The van der Waals surface area contributed by atoms with Gasteiger partial charge in [-0.2, -0.15) is 4.98 Å². The third kappa shape index (κ3) is 4.83. The summed E-state index contributed by atoms with van der Waals surface area (Å²) in [7, 11) is -4.38. The van der Waals surface area contributed by atoms with Gasteiger partial charge in [0, 0.05) is 12.2 Å². The number of hydrogen-bond donors (Lipinski definition) is 3. The van der Waals surface area contributed by atoms with Crippen LogP contribution in [0.4, 0.5) is 5.95 Å². The lowest BCUT2D eigenvalue weighted by Gasteiger charge is -2.20. The summed E-state index contributed by atoms with van der Waals surface area (Å²) in [6, 6.07) is 8.45. The summed E-state index contributed by atoms with van der Waals surface area (Å²) >= 11 is 3.28. The van der Waals surface area contributed by atoms with Crippen molar-refractivity contribution in [2.24, 2.45) is 0 Å². The first-order valence-electron chi connectivity index (χ1n) is 9.03. The highest BCUT2D eigenvalue weighted by molar-refractivity contribution is 9.10. The molecule has 31 heavy (non-hydrogen) atoms. The van der Waals surface area contributed by atoms with Gasteiger partial charge in [0.25, 0.3) is 0 Å². The molecule has 0 spiro atoms. The van der Waals surface area contributed by atoms with E-state index in [2.05, 4.69) is 30.9 Å². The van der Waals surface area contributed by atoms with Crippen LogP contribution >= 0.6 is 23.5 Å². The van der Waals surface area contributed by atoms with Crippen molar-refractivity contribution in [3.8, 4) is 0 Å². The number of hydrogen-bond acceptors (Lipinski definition) is 8. The highest BCUT2D eigenvalue weighted by Gasteiger charge is 2.39. The largest absolute Gasteiger partial charge is 0.454 e. The molecule has 0 unspecified atom stereocenters. The molecule has 1 fully saturated rings. The molecule has 0 bridgehead atoms. The number of halogens is 1. The third-order valence-corrected chi connectivity index (χ3v) is 5.64. The second-order valence-corrected chi connectivity index (χ2v) is 8.97. The van der Waals surface area contributed by atoms with Crippen LogP contribution in [0.5, 0.6) is 0 Å². The van der Waals surface area contributed by atoms with E-state index in [1.54, 1.807) is 34.9 Å². The first kappa shape index (κ1) is 21.6. The zero-order chi connectivity index (χ0) is 22.2. The van der Waals surface area contributed by atoms with Gasteiger partial charge in [-0.05, 0) is 34.1 Å². The molecule has 11 nitrogen and oxygen atoms in total. The average Bonchev–Trinajstić information content (AvgIpc) is 3.30. The number of nitrogens with two attached hydrogens (primary N) is 1. The number of imidazole rings is 1. The molecule has 1 aliphatic rings. The van der Waals surface area contributed by atoms with Crippen LogP contribution < -0.4 is 5.73 Å². The Labute approximate surface area is 184 Å². The summed E-state index contributed by atoms with van der Waals surface area (Å²) in [5, 5.41) is 0. The van der Waals surface area contributed by atoms with Crippen molar-refractivity contribution < 1.29 is 28.6 Å². The molecular weight excluding hydrogens is 493 g/mol. The Balaban J connectivity index is 1.68. The normalized spacial score (nSPS) is 21.7. The van der Waals surface area contributed by atoms with Gasteiger partial charge in [0.2, 0.25) is 5.95 Å². The van der Waals surface area contributed by atoms with Crippen LogP contribution in [0.15, 0.2) is 53.2 Å². The van der Waals surface area contributed by atoms with Crippen LogP contribution in [0.25, 0.3) is 11.2 Å². The highest BCUT2D eigenvalue weighted by atomic mass is 79.9. The molecule has 1 saturated heterocycles. The van der Waals surface area contributed by atoms with Gasteiger partial charge in [0.05, 0.1) is 18.0 Å². The molecule has 0 aliphatic carbocycles. The SMILES string of the molecule is Nc1nc(Br)c2ncn([C@@H]3O[C@H](C=CP(=O)(O)O)C[C@H]3OC(=O)c3ccccc3)c2n1. The molecule has 3 aromatic rings. The van der Waals surface area contributed by atoms with E-state index in [1.807, 2.05) is 0 Å². The van der Waals surface area contributed by atoms with E-state index in [0.717, 1.165) is 5.82 Å². The van der Waals surface area contributed by atoms with E-state index in [4.69, 9.17) is 25.0 Å². The van der Waals surface area contributed by atoms with Gasteiger partial charge < -0.3 is 25.0 Å². The molecule has 1 aromatic carbocycles. The number of anilines is 1. The summed E-state index contributed by atoms with van der Waals surface area (Å²) in [6.07, 6.45) is 0.513. The summed E-state index contributed by atoms with van der Waals surface area (Å²) in [4.78, 5) is 43.3. The van der Waals surface area contributed by atoms with Crippen LogP contribution in [0, 0.1) is 0 Å². The van der Waals surface area contributed by atoms with Crippen LogP contribution in [0.3, 0.4) is 0 Å². The maximum Gasteiger partial charge on any atom is 0.348 e. The minimum Gasteiger partial charge on any atom is -0.454 e. The number of esters is 1. The number of ether oxygens (including phenoxy) is 2. The number of carbonyl (C=O) groups excluding carboxylic acids is 1. The molecular formula is C18H17BrN5O6P. The van der Waals surface area contributed by atoms with Crippen molar-refractivity contribution in [3.63, 3.8) is 0 Å². The van der Waals surface area contributed by atoms with E-state index >= 15 is 0 Å². The summed E-state index contributed by atoms with van der Waals surface area (Å²) < 4.78 is 24.8. The minimum absolute atomic E-state index is 0.00916. The maximum absolute atomic E-state index is 12.6. The van der Waals surface area contributed by atoms with Crippen molar-refractivity contribution in [2.75, 3.05) is 5.73 Å². The van der Waals surface area contributed by atoms with Gasteiger partial charge in [-0.1, -0.05) is 18.2 Å². The summed E-state index contributed by atoms with van der Waals surface area (Å²) in [5.41, 5.74) is 6.89. The summed E-state index contributed by atoms with van der Waals surface area (Å²) in [6.45, 7) is 0. The fraction of sp³-hybridized carbons (Fsp3) is 0.222. The van der Waals surface area contributed by atoms with Gasteiger partial charge in [-0.3, -0.25) is 9.13 Å².